The van der Waals surface area contributed by atoms with Crippen molar-refractivity contribution < 1.29 is 23.1 Å². The molecule has 6 heteroatoms. The number of hydrogen-bond acceptors (Lipinski definition) is 3. The highest BCUT2D eigenvalue weighted by Gasteiger charge is 2.13. The molecule has 2 rings (SSSR count). The van der Waals surface area contributed by atoms with E-state index < -0.39 is 30.0 Å². The van der Waals surface area contributed by atoms with Crippen molar-refractivity contribution in [1.29, 1.82) is 0 Å². The van der Waals surface area contributed by atoms with Crippen LogP contribution in [0.5, 0.6) is 0 Å². The molecule has 0 aliphatic rings. The van der Waals surface area contributed by atoms with Crippen LogP contribution in [0.2, 0.25) is 0 Å². The second-order valence-corrected chi connectivity index (χ2v) is 5.05. The summed E-state index contributed by atoms with van der Waals surface area (Å²) in [6, 6.07) is 9.14. The Balaban J connectivity index is 1.98. The Labute approximate surface area is 127 Å². The van der Waals surface area contributed by atoms with Crippen LogP contribution in [0.3, 0.4) is 0 Å². The second kappa shape index (κ2) is 6.58. The molecular formula is C15H9BrF2O3. The van der Waals surface area contributed by atoms with Crippen molar-refractivity contribution >= 4 is 27.7 Å². The van der Waals surface area contributed by atoms with Gasteiger partial charge in [0.2, 0.25) is 0 Å². The van der Waals surface area contributed by atoms with Crippen LogP contribution in [0.15, 0.2) is 46.9 Å². The molecule has 0 spiro atoms. The molecule has 0 aromatic heterocycles. The lowest BCUT2D eigenvalue weighted by Gasteiger charge is -2.05. The number of rotatable bonds is 4. The molecule has 0 amide bonds. The zero-order chi connectivity index (χ0) is 15.4. The van der Waals surface area contributed by atoms with E-state index in [0.717, 1.165) is 22.7 Å². The van der Waals surface area contributed by atoms with Gasteiger partial charge >= 0.3 is 5.97 Å². The minimum absolute atomic E-state index is 0.0579. The minimum atomic E-state index is -1.12. The van der Waals surface area contributed by atoms with Crippen LogP contribution < -0.4 is 0 Å². The molecule has 0 radical (unpaired) electrons. The highest BCUT2D eigenvalue weighted by atomic mass is 79.9. The molecule has 0 N–H and O–H groups in total. The van der Waals surface area contributed by atoms with Crippen molar-refractivity contribution in [2.24, 2.45) is 0 Å². The van der Waals surface area contributed by atoms with Crippen molar-refractivity contribution in [3.05, 3.63) is 69.7 Å². The SMILES string of the molecule is O=C(COC(=O)c1ccc(Br)cc1)c1ccc(F)c(F)c1. The Morgan fingerprint density at radius 1 is 0.952 bits per heavy atom. The summed E-state index contributed by atoms with van der Waals surface area (Å²) in [5.74, 6) is -3.45. The standard InChI is InChI=1S/C15H9BrF2O3/c16-11-4-1-9(2-5-11)15(20)21-8-14(19)10-3-6-12(17)13(18)7-10/h1-7H,8H2. The highest BCUT2D eigenvalue weighted by molar-refractivity contribution is 9.10. The molecule has 0 atom stereocenters. The molecule has 3 nitrogen and oxygen atoms in total. The van der Waals surface area contributed by atoms with Crippen LogP contribution in [0, 0.1) is 11.6 Å². The van der Waals surface area contributed by atoms with Gasteiger partial charge in [-0.3, -0.25) is 4.79 Å². The van der Waals surface area contributed by atoms with Gasteiger partial charge in [-0.25, -0.2) is 13.6 Å². The quantitative estimate of drug-likeness (QED) is 0.620. The number of Topliss-reactive ketones (excluding diaryl/α,β-unsaturated/α-hetero) is 1. The Morgan fingerprint density at radius 2 is 1.57 bits per heavy atom. The molecule has 2 aromatic carbocycles. The Morgan fingerprint density at radius 3 is 2.19 bits per heavy atom. The van der Waals surface area contributed by atoms with Crippen LogP contribution in [0.1, 0.15) is 20.7 Å². The summed E-state index contributed by atoms with van der Waals surface area (Å²) in [5, 5.41) is 0. The Kier molecular flexibility index (Phi) is 4.80. The van der Waals surface area contributed by atoms with Crippen LogP contribution in [-0.4, -0.2) is 18.4 Å². The lowest BCUT2D eigenvalue weighted by atomic mass is 10.1. The van der Waals surface area contributed by atoms with E-state index >= 15 is 0 Å². The fourth-order valence-corrected chi connectivity index (χ4v) is 1.82. The number of hydrogen-bond donors (Lipinski definition) is 0. The van der Waals surface area contributed by atoms with E-state index in [1.54, 1.807) is 12.1 Å². The molecule has 2 aromatic rings. The first-order chi connectivity index (χ1) is 9.97. The molecule has 0 saturated heterocycles. The van der Waals surface area contributed by atoms with Gasteiger partial charge < -0.3 is 4.74 Å². The molecule has 0 unspecified atom stereocenters. The van der Waals surface area contributed by atoms with Crippen molar-refractivity contribution in [3.8, 4) is 0 Å². The van der Waals surface area contributed by atoms with E-state index in [1.165, 1.54) is 12.1 Å². The summed E-state index contributed by atoms with van der Waals surface area (Å²) in [5.41, 5.74) is 0.230. The lowest BCUT2D eigenvalue weighted by Crippen LogP contribution is -2.14. The van der Waals surface area contributed by atoms with Gasteiger partial charge in [-0.1, -0.05) is 15.9 Å². The topological polar surface area (TPSA) is 43.4 Å². The van der Waals surface area contributed by atoms with E-state index in [0.29, 0.717) is 0 Å². The summed E-state index contributed by atoms with van der Waals surface area (Å²) in [4.78, 5) is 23.4. The second-order valence-electron chi connectivity index (χ2n) is 4.14. The average Bonchev–Trinajstić information content (AvgIpc) is 2.48. The molecule has 0 aliphatic heterocycles. The number of ketones is 1. The van der Waals surface area contributed by atoms with Gasteiger partial charge in [0.05, 0.1) is 5.56 Å². The third-order valence-corrected chi connectivity index (χ3v) is 3.18. The smallest absolute Gasteiger partial charge is 0.338 e. The summed E-state index contributed by atoms with van der Waals surface area (Å²) < 4.78 is 31.4. The fraction of sp³-hybridized carbons (Fsp3) is 0.0667. The van der Waals surface area contributed by atoms with Gasteiger partial charge in [0.1, 0.15) is 0 Å². The molecule has 21 heavy (non-hydrogen) atoms. The van der Waals surface area contributed by atoms with E-state index in [4.69, 9.17) is 4.74 Å². The summed E-state index contributed by atoms with van der Waals surface area (Å²) in [7, 11) is 0. The zero-order valence-corrected chi connectivity index (χ0v) is 12.2. The maximum atomic E-state index is 13.0. The maximum absolute atomic E-state index is 13.0. The Hall–Kier alpha value is -2.08. The van der Waals surface area contributed by atoms with Gasteiger partial charge in [-0.2, -0.15) is 0 Å². The van der Waals surface area contributed by atoms with Gasteiger partial charge in [0.25, 0.3) is 0 Å². The largest absolute Gasteiger partial charge is 0.454 e. The first kappa shape index (κ1) is 15.3. The normalized spacial score (nSPS) is 10.2. The summed E-state index contributed by atoms with van der Waals surface area (Å²) in [6.07, 6.45) is 0. The van der Waals surface area contributed by atoms with Gasteiger partial charge in [-0.05, 0) is 42.5 Å². The monoisotopic (exact) mass is 354 g/mol. The third-order valence-electron chi connectivity index (χ3n) is 2.66. The molecule has 0 saturated carbocycles. The number of carbonyl (C=O) groups excluding carboxylic acids is 2. The van der Waals surface area contributed by atoms with Gasteiger partial charge in [-0.15, -0.1) is 0 Å². The fourth-order valence-electron chi connectivity index (χ4n) is 1.55. The zero-order valence-electron chi connectivity index (χ0n) is 10.6. The maximum Gasteiger partial charge on any atom is 0.338 e. The Bertz CT molecular complexity index is 684. The molecule has 0 fully saturated rings. The van der Waals surface area contributed by atoms with Crippen molar-refractivity contribution in [3.63, 3.8) is 0 Å². The number of ether oxygens (including phenoxy) is 1. The summed E-state index contributed by atoms with van der Waals surface area (Å²) >= 11 is 3.23. The lowest BCUT2D eigenvalue weighted by molar-refractivity contribution is 0.0474. The van der Waals surface area contributed by atoms with E-state index in [1.807, 2.05) is 0 Å². The summed E-state index contributed by atoms with van der Waals surface area (Å²) in [6.45, 7) is -0.542. The first-order valence-corrected chi connectivity index (χ1v) is 6.67. The van der Waals surface area contributed by atoms with Crippen molar-refractivity contribution in [2.45, 2.75) is 0 Å². The first-order valence-electron chi connectivity index (χ1n) is 5.88. The molecule has 0 bridgehead atoms. The molecule has 0 heterocycles. The van der Waals surface area contributed by atoms with Crippen LogP contribution >= 0.6 is 15.9 Å². The van der Waals surface area contributed by atoms with E-state index in [2.05, 4.69) is 15.9 Å². The predicted molar refractivity (Wildman–Crippen MR) is 75.1 cm³/mol. The van der Waals surface area contributed by atoms with Crippen molar-refractivity contribution in [1.82, 2.24) is 0 Å². The molecule has 0 aliphatic carbocycles. The molecule has 108 valence electrons. The average molecular weight is 355 g/mol. The van der Waals surface area contributed by atoms with Crippen LogP contribution in [0.25, 0.3) is 0 Å². The molecular weight excluding hydrogens is 346 g/mol. The van der Waals surface area contributed by atoms with E-state index in [-0.39, 0.29) is 11.1 Å². The number of carbonyl (C=O) groups is 2. The number of benzene rings is 2. The van der Waals surface area contributed by atoms with Crippen LogP contribution in [0.4, 0.5) is 8.78 Å². The number of esters is 1. The van der Waals surface area contributed by atoms with Crippen molar-refractivity contribution in [2.75, 3.05) is 6.61 Å². The van der Waals surface area contributed by atoms with Gasteiger partial charge in [0.15, 0.2) is 24.0 Å². The predicted octanol–water partition coefficient (Wildman–Crippen LogP) is 3.77. The minimum Gasteiger partial charge on any atom is -0.454 e. The van der Waals surface area contributed by atoms with Gasteiger partial charge in [0, 0.05) is 10.0 Å². The highest BCUT2D eigenvalue weighted by Crippen LogP contribution is 2.12. The van der Waals surface area contributed by atoms with E-state index in [9.17, 15) is 18.4 Å². The number of halogens is 3. The van der Waals surface area contributed by atoms with Crippen LogP contribution in [-0.2, 0) is 4.74 Å². The third kappa shape index (κ3) is 3.95.